The zero-order valence-electron chi connectivity index (χ0n) is 13.7. The summed E-state index contributed by atoms with van der Waals surface area (Å²) < 4.78 is 0. The lowest BCUT2D eigenvalue weighted by molar-refractivity contribution is -0.131. The summed E-state index contributed by atoms with van der Waals surface area (Å²) in [5.74, 6) is 3.23. The van der Waals surface area contributed by atoms with Gasteiger partial charge in [0, 0.05) is 44.5 Å². The van der Waals surface area contributed by atoms with Crippen molar-refractivity contribution in [2.45, 2.75) is 26.2 Å². The molecule has 0 saturated carbocycles. The number of carbonyl (C=O) groups excluding carboxylic acids is 1. The number of carbonyl (C=O) groups is 1. The molecule has 1 aromatic rings. The molecule has 1 aromatic heterocycles. The van der Waals surface area contributed by atoms with E-state index in [0.717, 1.165) is 43.5 Å². The van der Waals surface area contributed by atoms with E-state index in [-0.39, 0.29) is 5.91 Å². The van der Waals surface area contributed by atoms with Crippen LogP contribution in [-0.2, 0) is 4.79 Å². The Morgan fingerprint density at radius 1 is 1.30 bits per heavy atom. The molecule has 0 N–H and O–H groups in total. The number of aromatic nitrogens is 1. The number of amides is 1. The molecule has 124 valence electrons. The van der Waals surface area contributed by atoms with Gasteiger partial charge in [0.25, 0.3) is 0 Å². The summed E-state index contributed by atoms with van der Waals surface area (Å²) in [5, 5.41) is 8.80. The fraction of sp³-hybridized carbons (Fsp3) is 0.588. The molecule has 1 aliphatic rings. The third kappa shape index (κ3) is 5.43. The van der Waals surface area contributed by atoms with Crippen LogP contribution in [0.15, 0.2) is 18.3 Å². The summed E-state index contributed by atoms with van der Waals surface area (Å²) in [7, 11) is 0. The Bertz CT molecular complexity index is 533. The number of hydrogen-bond acceptors (Lipinski definition) is 5. The number of anilines is 1. The van der Waals surface area contributed by atoms with Crippen LogP contribution in [0, 0.1) is 11.3 Å². The summed E-state index contributed by atoms with van der Waals surface area (Å²) in [6, 6.07) is 5.74. The molecule has 0 spiro atoms. The molecular weight excluding hydrogens is 308 g/mol. The predicted molar refractivity (Wildman–Crippen MR) is 94.6 cm³/mol. The van der Waals surface area contributed by atoms with Gasteiger partial charge in [-0.3, -0.25) is 4.79 Å². The molecule has 0 bridgehead atoms. The number of nitrogens with zero attached hydrogens (tertiary/aromatic N) is 4. The molecule has 23 heavy (non-hydrogen) atoms. The van der Waals surface area contributed by atoms with Crippen LogP contribution in [0.5, 0.6) is 0 Å². The Morgan fingerprint density at radius 3 is 2.70 bits per heavy atom. The highest BCUT2D eigenvalue weighted by Gasteiger charge is 2.21. The van der Waals surface area contributed by atoms with Crippen molar-refractivity contribution >= 4 is 23.5 Å². The first-order chi connectivity index (χ1) is 11.2. The van der Waals surface area contributed by atoms with E-state index in [2.05, 4.69) is 22.9 Å². The molecule has 0 atom stereocenters. The van der Waals surface area contributed by atoms with Gasteiger partial charge in [-0.15, -0.1) is 0 Å². The smallest absolute Gasteiger partial charge is 0.223 e. The Balaban J connectivity index is 1.72. The first-order valence-corrected chi connectivity index (χ1v) is 9.36. The molecule has 1 fully saturated rings. The van der Waals surface area contributed by atoms with E-state index in [0.29, 0.717) is 12.0 Å². The van der Waals surface area contributed by atoms with Crippen molar-refractivity contribution in [3.05, 3.63) is 23.9 Å². The second-order valence-electron chi connectivity index (χ2n) is 5.60. The van der Waals surface area contributed by atoms with Gasteiger partial charge in [-0.2, -0.15) is 17.0 Å². The van der Waals surface area contributed by atoms with Crippen molar-refractivity contribution in [2.75, 3.05) is 42.6 Å². The van der Waals surface area contributed by atoms with Gasteiger partial charge in [0.1, 0.15) is 11.9 Å². The molecule has 1 aliphatic heterocycles. The fourth-order valence-electron chi connectivity index (χ4n) is 2.49. The SMILES string of the molecule is CCCCSCCC(=O)N1CCN(c2ccc(C#N)cn2)CC1. The molecule has 2 heterocycles. The normalized spacial score (nSPS) is 14.6. The number of pyridine rings is 1. The Labute approximate surface area is 142 Å². The largest absolute Gasteiger partial charge is 0.353 e. The molecule has 0 aliphatic carbocycles. The van der Waals surface area contributed by atoms with E-state index in [4.69, 9.17) is 5.26 Å². The molecule has 1 saturated heterocycles. The van der Waals surface area contributed by atoms with Crippen LogP contribution in [0.1, 0.15) is 31.7 Å². The van der Waals surface area contributed by atoms with Gasteiger partial charge < -0.3 is 9.80 Å². The molecule has 6 heteroatoms. The predicted octanol–water partition coefficient (Wildman–Crippen LogP) is 2.53. The van der Waals surface area contributed by atoms with Crippen LogP contribution < -0.4 is 4.90 Å². The van der Waals surface area contributed by atoms with Crippen LogP contribution in [0.25, 0.3) is 0 Å². The van der Waals surface area contributed by atoms with Gasteiger partial charge in [0.15, 0.2) is 0 Å². The summed E-state index contributed by atoms with van der Waals surface area (Å²) in [6.07, 6.45) is 4.69. The van der Waals surface area contributed by atoms with Crippen molar-refractivity contribution in [3.8, 4) is 6.07 Å². The second-order valence-corrected chi connectivity index (χ2v) is 6.83. The maximum Gasteiger partial charge on any atom is 0.223 e. The van der Waals surface area contributed by atoms with E-state index in [1.807, 2.05) is 22.7 Å². The Kier molecular flexibility index (Phi) is 7.21. The van der Waals surface area contributed by atoms with Gasteiger partial charge in [-0.25, -0.2) is 4.98 Å². The van der Waals surface area contributed by atoms with Crippen molar-refractivity contribution in [1.29, 1.82) is 5.26 Å². The minimum absolute atomic E-state index is 0.265. The average Bonchev–Trinajstić information content (AvgIpc) is 2.61. The zero-order chi connectivity index (χ0) is 16.5. The molecule has 0 unspecified atom stereocenters. The van der Waals surface area contributed by atoms with E-state index in [1.54, 1.807) is 12.3 Å². The molecular formula is C17H24N4OS. The topological polar surface area (TPSA) is 60.2 Å². The van der Waals surface area contributed by atoms with Gasteiger partial charge in [-0.05, 0) is 24.3 Å². The van der Waals surface area contributed by atoms with E-state index in [9.17, 15) is 4.79 Å². The third-order valence-electron chi connectivity index (χ3n) is 3.94. The maximum atomic E-state index is 12.2. The third-order valence-corrected chi connectivity index (χ3v) is 5.01. The molecule has 1 amide bonds. The van der Waals surface area contributed by atoms with Crippen LogP contribution in [0.4, 0.5) is 5.82 Å². The van der Waals surface area contributed by atoms with Crippen LogP contribution in [0.3, 0.4) is 0 Å². The lowest BCUT2D eigenvalue weighted by Gasteiger charge is -2.35. The molecule has 0 radical (unpaired) electrons. The second kappa shape index (κ2) is 9.41. The van der Waals surface area contributed by atoms with Crippen LogP contribution in [0.2, 0.25) is 0 Å². The van der Waals surface area contributed by atoms with E-state index in [1.165, 1.54) is 12.8 Å². The highest BCUT2D eigenvalue weighted by atomic mass is 32.2. The first-order valence-electron chi connectivity index (χ1n) is 8.21. The highest BCUT2D eigenvalue weighted by Crippen LogP contribution is 2.15. The van der Waals surface area contributed by atoms with Crippen molar-refractivity contribution in [1.82, 2.24) is 9.88 Å². The molecule has 5 nitrogen and oxygen atoms in total. The Hall–Kier alpha value is -1.74. The van der Waals surface area contributed by atoms with Crippen LogP contribution >= 0.6 is 11.8 Å². The van der Waals surface area contributed by atoms with E-state index < -0.39 is 0 Å². The van der Waals surface area contributed by atoms with Crippen LogP contribution in [-0.4, -0.2) is 53.5 Å². The lowest BCUT2D eigenvalue weighted by Crippen LogP contribution is -2.49. The number of unbranched alkanes of at least 4 members (excludes halogenated alkanes) is 1. The Morgan fingerprint density at radius 2 is 2.09 bits per heavy atom. The number of nitriles is 1. The highest BCUT2D eigenvalue weighted by molar-refractivity contribution is 7.99. The van der Waals surface area contributed by atoms with Gasteiger partial charge in [0.2, 0.25) is 5.91 Å². The van der Waals surface area contributed by atoms with Gasteiger partial charge in [-0.1, -0.05) is 13.3 Å². The number of rotatable bonds is 7. The van der Waals surface area contributed by atoms with Gasteiger partial charge >= 0.3 is 0 Å². The summed E-state index contributed by atoms with van der Waals surface area (Å²) in [4.78, 5) is 20.6. The molecule has 2 rings (SSSR count). The minimum Gasteiger partial charge on any atom is -0.353 e. The standard InChI is InChI=1S/C17H24N4OS/c1-2-3-11-23-12-6-17(22)21-9-7-20(8-10-21)16-5-4-15(13-18)14-19-16/h4-5,14H,2-3,6-12H2,1H3. The first kappa shape index (κ1) is 17.6. The number of piperazine rings is 1. The fourth-order valence-corrected chi connectivity index (χ4v) is 3.51. The number of hydrogen-bond donors (Lipinski definition) is 0. The monoisotopic (exact) mass is 332 g/mol. The summed E-state index contributed by atoms with van der Waals surface area (Å²) >= 11 is 1.88. The summed E-state index contributed by atoms with van der Waals surface area (Å²) in [6.45, 7) is 5.29. The van der Waals surface area contributed by atoms with Gasteiger partial charge in [0.05, 0.1) is 5.56 Å². The van der Waals surface area contributed by atoms with Crippen molar-refractivity contribution in [2.24, 2.45) is 0 Å². The van der Waals surface area contributed by atoms with Crippen molar-refractivity contribution in [3.63, 3.8) is 0 Å². The average molecular weight is 332 g/mol. The minimum atomic E-state index is 0.265. The summed E-state index contributed by atoms with van der Waals surface area (Å²) in [5.41, 5.74) is 0.572. The van der Waals surface area contributed by atoms with E-state index >= 15 is 0 Å². The quantitative estimate of drug-likeness (QED) is 0.718. The molecule has 0 aromatic carbocycles. The number of thioether (sulfide) groups is 1. The lowest BCUT2D eigenvalue weighted by atomic mass is 10.2. The zero-order valence-corrected chi connectivity index (χ0v) is 14.5. The van der Waals surface area contributed by atoms with Crippen molar-refractivity contribution < 1.29 is 4.79 Å². The maximum absolute atomic E-state index is 12.2.